The van der Waals surface area contributed by atoms with Gasteiger partial charge in [-0.1, -0.05) is 18.7 Å². The Morgan fingerprint density at radius 1 is 1.15 bits per heavy atom. The fraction of sp³-hybridized carbons (Fsp3) is 0.565. The van der Waals surface area contributed by atoms with E-state index in [0.29, 0.717) is 0 Å². The number of methoxy groups -OCH3 is 1. The van der Waals surface area contributed by atoms with Crippen molar-refractivity contribution in [2.24, 2.45) is 5.92 Å². The number of fused-ring (bicyclic) bond motifs is 3. The largest absolute Gasteiger partial charge is 0.466 e. The molecule has 0 radical (unpaired) electrons. The lowest BCUT2D eigenvalue weighted by atomic mass is 9.81. The molecule has 1 aliphatic carbocycles. The fourth-order valence-corrected chi connectivity index (χ4v) is 4.35. The minimum atomic E-state index is -1.41. The molecule has 4 rings (SSSR count). The number of allylic oxidation sites excluding steroid dienone is 2. The van der Waals surface area contributed by atoms with E-state index < -0.39 is 71.5 Å². The maximum Gasteiger partial charge on any atom is 0.341 e. The Morgan fingerprint density at radius 3 is 2.39 bits per heavy atom. The van der Waals surface area contributed by atoms with Gasteiger partial charge in [0, 0.05) is 12.5 Å². The first-order valence-electron chi connectivity index (χ1n) is 10.5. The molecule has 0 aromatic heterocycles. The zero-order chi connectivity index (χ0) is 24.3. The Bertz CT molecular complexity index is 995. The van der Waals surface area contributed by atoms with Gasteiger partial charge in [-0.25, -0.2) is 14.4 Å². The molecule has 10 heteroatoms. The summed E-state index contributed by atoms with van der Waals surface area (Å²) in [5.74, 6) is -3.94. The van der Waals surface area contributed by atoms with Gasteiger partial charge < -0.3 is 28.4 Å². The molecule has 8 atom stereocenters. The molecule has 178 valence electrons. The third kappa shape index (κ3) is 3.87. The van der Waals surface area contributed by atoms with Crippen molar-refractivity contribution in [1.82, 2.24) is 0 Å². The molecule has 3 saturated heterocycles. The Morgan fingerprint density at radius 2 is 1.82 bits per heavy atom. The maximum atomic E-state index is 13.0. The topological polar surface area (TPSA) is 130 Å². The molecule has 3 heterocycles. The third-order valence-corrected chi connectivity index (χ3v) is 6.61. The molecule has 0 aromatic carbocycles. The van der Waals surface area contributed by atoms with Crippen LogP contribution in [-0.4, -0.2) is 72.7 Å². The second kappa shape index (κ2) is 7.81. The highest BCUT2D eigenvalue weighted by atomic mass is 16.7. The molecule has 33 heavy (non-hydrogen) atoms. The van der Waals surface area contributed by atoms with E-state index in [1.165, 1.54) is 13.2 Å². The summed E-state index contributed by atoms with van der Waals surface area (Å²) in [7, 11) is 1.17. The second-order valence-corrected chi connectivity index (χ2v) is 8.88. The van der Waals surface area contributed by atoms with Crippen LogP contribution in [0.3, 0.4) is 0 Å². The monoisotopic (exact) mass is 462 g/mol. The molecular weight excluding hydrogens is 436 g/mol. The Balaban J connectivity index is 1.85. The first kappa shape index (κ1) is 23.2. The number of rotatable bonds is 4. The number of ether oxygens (including phenoxy) is 6. The van der Waals surface area contributed by atoms with E-state index >= 15 is 0 Å². The van der Waals surface area contributed by atoms with Crippen molar-refractivity contribution in [3.63, 3.8) is 0 Å². The zero-order valence-corrected chi connectivity index (χ0v) is 19.0. The van der Waals surface area contributed by atoms with Crippen LogP contribution in [-0.2, 0) is 47.6 Å². The lowest BCUT2D eigenvalue weighted by Gasteiger charge is -2.33. The molecule has 0 amide bonds. The van der Waals surface area contributed by atoms with E-state index in [-0.39, 0.29) is 11.1 Å². The van der Waals surface area contributed by atoms with Gasteiger partial charge in [-0.05, 0) is 26.8 Å². The summed E-state index contributed by atoms with van der Waals surface area (Å²) in [4.78, 5) is 50.3. The summed E-state index contributed by atoms with van der Waals surface area (Å²) in [5, 5.41) is 0. The Hall–Kier alpha value is -2.98. The van der Waals surface area contributed by atoms with Crippen LogP contribution >= 0.6 is 0 Å². The van der Waals surface area contributed by atoms with Gasteiger partial charge in [-0.2, -0.15) is 0 Å². The summed E-state index contributed by atoms with van der Waals surface area (Å²) < 4.78 is 32.9. The lowest BCUT2D eigenvalue weighted by molar-refractivity contribution is -0.174. The van der Waals surface area contributed by atoms with Crippen LogP contribution in [0.15, 0.2) is 36.0 Å². The quantitative estimate of drug-likeness (QED) is 0.257. The zero-order valence-electron chi connectivity index (χ0n) is 19.0. The maximum absolute atomic E-state index is 13.0. The normalized spacial score (nSPS) is 42.6. The van der Waals surface area contributed by atoms with Crippen LogP contribution in [0.25, 0.3) is 0 Å². The highest BCUT2D eigenvalue weighted by Gasteiger charge is 2.65. The van der Waals surface area contributed by atoms with Gasteiger partial charge >= 0.3 is 23.9 Å². The van der Waals surface area contributed by atoms with E-state index in [2.05, 4.69) is 6.58 Å². The molecule has 0 aromatic rings. The van der Waals surface area contributed by atoms with E-state index in [1.54, 1.807) is 32.9 Å². The van der Waals surface area contributed by atoms with Crippen LogP contribution in [0.2, 0.25) is 0 Å². The Labute approximate surface area is 190 Å². The average molecular weight is 462 g/mol. The highest BCUT2D eigenvalue weighted by molar-refractivity contribution is 5.93. The van der Waals surface area contributed by atoms with Gasteiger partial charge in [0.15, 0.2) is 17.8 Å². The van der Waals surface area contributed by atoms with Crippen LogP contribution in [0.4, 0.5) is 0 Å². The van der Waals surface area contributed by atoms with Gasteiger partial charge in [0.05, 0.1) is 24.7 Å². The van der Waals surface area contributed by atoms with Gasteiger partial charge in [0.25, 0.3) is 0 Å². The predicted octanol–water partition coefficient (Wildman–Crippen LogP) is 0.932. The number of carbonyl (C=O) groups is 4. The Kier molecular flexibility index (Phi) is 5.49. The number of epoxide rings is 2. The lowest BCUT2D eigenvalue weighted by Crippen LogP contribution is -2.49. The minimum Gasteiger partial charge on any atom is -0.466 e. The van der Waals surface area contributed by atoms with Crippen LogP contribution in [0.5, 0.6) is 0 Å². The number of hydrogen-bond donors (Lipinski definition) is 0. The number of carbonyl (C=O) groups excluding carboxylic acids is 4. The average Bonchev–Trinajstić information content (AvgIpc) is 3.57. The van der Waals surface area contributed by atoms with E-state index in [9.17, 15) is 19.2 Å². The molecule has 10 nitrogen and oxygen atoms in total. The molecule has 0 bridgehead atoms. The molecule has 3 fully saturated rings. The summed E-state index contributed by atoms with van der Waals surface area (Å²) in [6.45, 7) is 10.0. The second-order valence-electron chi connectivity index (χ2n) is 8.88. The molecule has 4 aliphatic rings. The summed E-state index contributed by atoms with van der Waals surface area (Å²) in [5.41, 5.74) is -2.08. The van der Waals surface area contributed by atoms with E-state index in [4.69, 9.17) is 28.4 Å². The van der Waals surface area contributed by atoms with Crippen molar-refractivity contribution >= 4 is 23.9 Å². The molecule has 0 unspecified atom stereocenters. The van der Waals surface area contributed by atoms with Crippen molar-refractivity contribution < 1.29 is 47.6 Å². The van der Waals surface area contributed by atoms with Crippen molar-refractivity contribution in [2.45, 2.75) is 69.4 Å². The van der Waals surface area contributed by atoms with Gasteiger partial charge in [0.2, 0.25) is 0 Å². The molecular formula is C23H26O10. The van der Waals surface area contributed by atoms with Crippen molar-refractivity contribution in [1.29, 1.82) is 0 Å². The van der Waals surface area contributed by atoms with Gasteiger partial charge in [0.1, 0.15) is 17.8 Å². The molecule has 0 spiro atoms. The van der Waals surface area contributed by atoms with Gasteiger partial charge in [-0.3, -0.25) is 4.79 Å². The smallest absolute Gasteiger partial charge is 0.341 e. The predicted molar refractivity (Wildman–Crippen MR) is 109 cm³/mol. The standard InChI is InChI=1S/C23H26O10/c1-10-14-16(31-21(27)23(5)11(2)32-23)15(29-12(3)24)13(20(26)28-6)8-7-9-22(4)18(33-22)17(14)30-19(10)25/h7-9,11,14-18H,1H2,2-6H3/b9-7?,13-8+/t11-,14-,15+,16+,17+,18-,22-,23-/m1/s1. The van der Waals surface area contributed by atoms with E-state index in [1.807, 2.05) is 0 Å². The fourth-order valence-electron chi connectivity index (χ4n) is 4.35. The number of hydrogen-bond acceptors (Lipinski definition) is 10. The summed E-state index contributed by atoms with van der Waals surface area (Å²) >= 11 is 0. The summed E-state index contributed by atoms with van der Waals surface area (Å²) in [6.07, 6.45) is 0.0606. The SMILES string of the molecule is C=C1C(=O)O[C@H]2[C@H]1[C@H](OC(=O)[C@]1(C)O[C@@H]1C)[C@@H](OC(C)=O)/C(C(=O)OC)=C\C=C[C@@]1(C)O[C@H]21. The van der Waals surface area contributed by atoms with E-state index in [0.717, 1.165) is 6.92 Å². The highest BCUT2D eigenvalue weighted by Crippen LogP contribution is 2.49. The van der Waals surface area contributed by atoms with Crippen molar-refractivity contribution in [3.8, 4) is 0 Å². The van der Waals surface area contributed by atoms with Gasteiger partial charge in [-0.15, -0.1) is 0 Å². The number of esters is 4. The van der Waals surface area contributed by atoms with Crippen LogP contribution < -0.4 is 0 Å². The minimum absolute atomic E-state index is 0.0106. The summed E-state index contributed by atoms with van der Waals surface area (Å²) in [6, 6.07) is 0. The van der Waals surface area contributed by atoms with Crippen molar-refractivity contribution in [2.75, 3.05) is 7.11 Å². The first-order chi connectivity index (χ1) is 15.4. The molecule has 3 aliphatic heterocycles. The van der Waals surface area contributed by atoms with Crippen molar-refractivity contribution in [3.05, 3.63) is 36.0 Å². The van der Waals surface area contributed by atoms with Crippen LogP contribution in [0, 0.1) is 5.92 Å². The molecule has 0 saturated carbocycles. The first-order valence-corrected chi connectivity index (χ1v) is 10.5. The third-order valence-electron chi connectivity index (χ3n) is 6.61. The van der Waals surface area contributed by atoms with Crippen LogP contribution in [0.1, 0.15) is 27.7 Å². The molecule has 0 N–H and O–H groups in total.